The van der Waals surface area contributed by atoms with E-state index in [-0.39, 0.29) is 13.7 Å². The van der Waals surface area contributed by atoms with Gasteiger partial charge < -0.3 is 9.62 Å². The quantitative estimate of drug-likeness (QED) is 0.163. The molecule has 0 bridgehead atoms. The van der Waals surface area contributed by atoms with Gasteiger partial charge in [0.15, 0.2) is 0 Å². The summed E-state index contributed by atoms with van der Waals surface area (Å²) in [5.74, 6) is 0. The monoisotopic (exact) mass is 656 g/mol. The molecule has 0 aliphatic carbocycles. The van der Waals surface area contributed by atoms with Crippen molar-refractivity contribution in [3.05, 3.63) is 182 Å². The van der Waals surface area contributed by atoms with Crippen molar-refractivity contribution in [2.45, 2.75) is 0 Å². The molecule has 4 heteroatoms. The minimum absolute atomic E-state index is 0.0555. The number of hydrogen-bond donors (Lipinski definition) is 0. The molecule has 12 rings (SSSR count). The van der Waals surface area contributed by atoms with E-state index in [9.17, 15) is 0 Å². The topological polar surface area (TPSA) is 6.48 Å². The van der Waals surface area contributed by atoms with Crippen LogP contribution in [0, 0.1) is 0 Å². The summed E-state index contributed by atoms with van der Waals surface area (Å²) in [5.41, 5.74) is 23.4. The highest BCUT2D eigenvalue weighted by Crippen LogP contribution is 2.51. The first kappa shape index (κ1) is 28.2. The Balaban J connectivity index is 1.15. The lowest BCUT2D eigenvalue weighted by atomic mass is 9.42. The molecule has 52 heavy (non-hydrogen) atoms. The maximum absolute atomic E-state index is 2.59. The molecule has 4 aliphatic rings. The van der Waals surface area contributed by atoms with Gasteiger partial charge in [0.2, 0.25) is 0 Å². The Bertz CT molecular complexity index is 2610. The highest BCUT2D eigenvalue weighted by molar-refractivity contribution is 6.93. The molecule has 8 aromatic carbocycles. The van der Waals surface area contributed by atoms with Gasteiger partial charge in [-0.3, -0.25) is 0 Å². The smallest absolute Gasteiger partial charge is 0.329 e. The van der Waals surface area contributed by atoms with E-state index in [0.29, 0.717) is 0 Å². The molecule has 2 nitrogen and oxygen atoms in total. The van der Waals surface area contributed by atoms with Gasteiger partial charge >= 0.3 is 13.7 Å². The van der Waals surface area contributed by atoms with Crippen LogP contribution in [0.4, 0.5) is 22.7 Å². The van der Waals surface area contributed by atoms with E-state index >= 15 is 0 Å². The van der Waals surface area contributed by atoms with Crippen molar-refractivity contribution in [1.82, 2.24) is 0 Å². The second kappa shape index (κ2) is 10.5. The summed E-state index contributed by atoms with van der Waals surface area (Å²) in [7, 11) is 0. The number of nitrogens with zero attached hydrogens (tertiary/aromatic N) is 2. The second-order valence-electron chi connectivity index (χ2n) is 14.3. The van der Waals surface area contributed by atoms with Gasteiger partial charge in [-0.2, -0.15) is 0 Å². The lowest BCUT2D eigenvalue weighted by molar-refractivity contribution is 1.34. The first-order valence-corrected chi connectivity index (χ1v) is 18.3. The highest BCUT2D eigenvalue weighted by Gasteiger charge is 2.45. The third-order valence-electron chi connectivity index (χ3n) is 11.9. The summed E-state index contributed by atoms with van der Waals surface area (Å²) in [4.78, 5) is 5.17. The van der Waals surface area contributed by atoms with Crippen LogP contribution in [0.3, 0.4) is 0 Å². The number of anilines is 4. The predicted octanol–water partition coefficient (Wildman–Crippen LogP) is 9.16. The molecule has 0 aromatic heterocycles. The molecule has 238 valence electrons. The molecular formula is C48H30B2N2. The van der Waals surface area contributed by atoms with E-state index in [1.807, 2.05) is 0 Å². The molecule has 0 amide bonds. The average Bonchev–Trinajstić information content (AvgIpc) is 3.23. The number of hydrogen-bond acceptors (Lipinski definition) is 2. The van der Waals surface area contributed by atoms with E-state index in [4.69, 9.17) is 0 Å². The Morgan fingerprint density at radius 2 is 0.519 bits per heavy atom. The molecule has 0 atom stereocenters. The summed E-state index contributed by atoms with van der Waals surface area (Å²) in [6.45, 7) is 0.111. The van der Waals surface area contributed by atoms with Gasteiger partial charge in [-0.25, -0.2) is 0 Å². The SMILES string of the molecule is c1ccc2c(c1)B1c3cccc(-c4cccc5c4-c4ccccc4N4B5c5ccccc5-c5ccccc54)c3-c3ccccc3N1c1ccccc1-2. The number of rotatable bonds is 1. The average molecular weight is 656 g/mol. The zero-order valence-electron chi connectivity index (χ0n) is 28.4. The van der Waals surface area contributed by atoms with Gasteiger partial charge in [0.1, 0.15) is 0 Å². The van der Waals surface area contributed by atoms with Gasteiger partial charge in [-0.05, 0) is 79.5 Å². The van der Waals surface area contributed by atoms with Crippen molar-refractivity contribution in [2.24, 2.45) is 0 Å². The molecule has 0 N–H and O–H groups in total. The fraction of sp³-hybridized carbons (Fsp3) is 0. The standard InChI is InChI=1S/C48H30B2N2/c1-7-23-39-31(15-1)33-17-3-9-27-43(33)51-45-29-11-5-19-37(45)47-35(21-13-25-41(47)49(39)51)36-22-14-26-42-48(36)38-20-6-12-30-46(38)52-44-28-10-4-18-34(44)32-16-2-8-24-40(32)50(42)52/h1-30H. The molecule has 8 aromatic rings. The lowest BCUT2D eigenvalue weighted by Crippen LogP contribution is -2.60. The predicted molar refractivity (Wildman–Crippen MR) is 221 cm³/mol. The molecule has 0 spiro atoms. The van der Waals surface area contributed by atoms with Crippen molar-refractivity contribution in [1.29, 1.82) is 0 Å². The van der Waals surface area contributed by atoms with Crippen LogP contribution in [0.15, 0.2) is 182 Å². The van der Waals surface area contributed by atoms with Crippen LogP contribution in [0.2, 0.25) is 0 Å². The Hall–Kier alpha value is -6.51. The maximum Gasteiger partial charge on any atom is 0.329 e. The molecule has 0 fully saturated rings. The van der Waals surface area contributed by atoms with Crippen molar-refractivity contribution in [2.75, 3.05) is 9.62 Å². The van der Waals surface area contributed by atoms with Crippen molar-refractivity contribution >= 4 is 58.3 Å². The zero-order valence-corrected chi connectivity index (χ0v) is 28.4. The minimum atomic E-state index is 0.0555. The summed E-state index contributed by atoms with van der Waals surface area (Å²) in [6.07, 6.45) is 0. The summed E-state index contributed by atoms with van der Waals surface area (Å²) >= 11 is 0. The second-order valence-corrected chi connectivity index (χ2v) is 14.3. The fourth-order valence-corrected chi connectivity index (χ4v) is 9.93. The van der Waals surface area contributed by atoms with E-state index in [0.717, 1.165) is 0 Å². The van der Waals surface area contributed by atoms with Gasteiger partial charge in [0, 0.05) is 45.0 Å². The van der Waals surface area contributed by atoms with Crippen LogP contribution < -0.4 is 31.5 Å². The summed E-state index contributed by atoms with van der Waals surface area (Å²) in [6, 6.07) is 68.0. The minimum Gasteiger partial charge on any atom is -0.376 e. The van der Waals surface area contributed by atoms with Crippen LogP contribution in [-0.4, -0.2) is 13.7 Å². The van der Waals surface area contributed by atoms with Crippen LogP contribution in [0.5, 0.6) is 0 Å². The van der Waals surface area contributed by atoms with Crippen molar-refractivity contribution in [3.63, 3.8) is 0 Å². The number of benzene rings is 8. The lowest BCUT2D eigenvalue weighted by Gasteiger charge is -2.45. The van der Waals surface area contributed by atoms with Gasteiger partial charge in [0.05, 0.1) is 0 Å². The maximum atomic E-state index is 2.59. The van der Waals surface area contributed by atoms with E-state index in [1.54, 1.807) is 0 Å². The van der Waals surface area contributed by atoms with Gasteiger partial charge in [0.25, 0.3) is 0 Å². The first-order valence-electron chi connectivity index (χ1n) is 18.3. The molecular weight excluding hydrogens is 626 g/mol. The molecule has 0 saturated carbocycles. The van der Waals surface area contributed by atoms with Crippen molar-refractivity contribution < 1.29 is 0 Å². The third kappa shape index (κ3) is 3.61. The van der Waals surface area contributed by atoms with Crippen LogP contribution in [0.25, 0.3) is 55.6 Å². The Labute approximate surface area is 304 Å². The molecule has 4 aliphatic heterocycles. The van der Waals surface area contributed by atoms with E-state index < -0.39 is 0 Å². The summed E-state index contributed by atoms with van der Waals surface area (Å²) < 4.78 is 0. The van der Waals surface area contributed by atoms with Gasteiger partial charge in [-0.1, -0.05) is 158 Å². The Morgan fingerprint density at radius 1 is 0.231 bits per heavy atom. The van der Waals surface area contributed by atoms with E-state index in [1.165, 1.54) is 100 Å². The molecule has 0 unspecified atom stereocenters. The zero-order chi connectivity index (χ0) is 33.9. The number of para-hydroxylation sites is 4. The largest absolute Gasteiger partial charge is 0.376 e. The van der Waals surface area contributed by atoms with Crippen molar-refractivity contribution in [3.8, 4) is 55.6 Å². The Morgan fingerprint density at radius 3 is 0.942 bits per heavy atom. The Kier molecular flexibility index (Phi) is 5.70. The normalized spacial score (nSPS) is 13.6. The third-order valence-corrected chi connectivity index (χ3v) is 11.9. The van der Waals surface area contributed by atoms with Crippen LogP contribution in [0.1, 0.15) is 0 Å². The van der Waals surface area contributed by atoms with Crippen LogP contribution in [-0.2, 0) is 0 Å². The van der Waals surface area contributed by atoms with Gasteiger partial charge in [-0.15, -0.1) is 0 Å². The molecule has 0 saturated heterocycles. The summed E-state index contributed by atoms with van der Waals surface area (Å²) in [5, 5.41) is 0. The first-order chi connectivity index (χ1) is 25.9. The molecule has 0 radical (unpaired) electrons. The fourth-order valence-electron chi connectivity index (χ4n) is 9.93. The molecule has 4 heterocycles. The van der Waals surface area contributed by atoms with E-state index in [2.05, 4.69) is 192 Å². The number of fused-ring (bicyclic) bond motifs is 22. The van der Waals surface area contributed by atoms with Crippen LogP contribution >= 0.6 is 0 Å². The highest BCUT2D eigenvalue weighted by atomic mass is 15.1.